The number of hydrogen-bond donors (Lipinski definition) is 1. The predicted octanol–water partition coefficient (Wildman–Crippen LogP) is 4.85. The summed E-state index contributed by atoms with van der Waals surface area (Å²) < 4.78 is 39.3. The van der Waals surface area contributed by atoms with Gasteiger partial charge in [0.25, 0.3) is 5.91 Å². The Morgan fingerprint density at radius 1 is 1.07 bits per heavy atom. The number of nitrogens with zero attached hydrogens (tertiary/aromatic N) is 2. The Morgan fingerprint density at radius 3 is 2.53 bits per heavy atom. The minimum Gasteiger partial charge on any atom is -0.493 e. The molecule has 0 fully saturated rings. The average Bonchev–Trinajstić information content (AvgIpc) is 3.30. The van der Waals surface area contributed by atoms with Gasteiger partial charge in [-0.3, -0.25) is 9.48 Å². The Morgan fingerprint density at radius 2 is 1.83 bits per heavy atom. The summed E-state index contributed by atoms with van der Waals surface area (Å²) in [4.78, 5) is 13.8. The molecule has 0 saturated heterocycles. The number of amides is 1. The number of thiophene rings is 1. The van der Waals surface area contributed by atoms with Gasteiger partial charge < -0.3 is 14.8 Å². The van der Waals surface area contributed by atoms with Gasteiger partial charge in [-0.25, -0.2) is 8.78 Å². The van der Waals surface area contributed by atoms with Crippen molar-refractivity contribution in [3.63, 3.8) is 0 Å². The number of anilines is 1. The third kappa shape index (κ3) is 3.48. The van der Waals surface area contributed by atoms with Crippen molar-refractivity contribution in [2.75, 3.05) is 19.5 Å². The normalized spacial score (nSPS) is 11.0. The van der Waals surface area contributed by atoms with E-state index in [-0.39, 0.29) is 5.69 Å². The SMILES string of the molecule is COc1ccc(-c2nn(C)c3sc(C(=O)Nc4ccc(F)cc4F)cc23)cc1OC. The number of aromatic nitrogens is 2. The predicted molar refractivity (Wildman–Crippen MR) is 111 cm³/mol. The van der Waals surface area contributed by atoms with Crippen LogP contribution in [0.15, 0.2) is 42.5 Å². The first-order valence-electron chi connectivity index (χ1n) is 8.86. The molecule has 4 rings (SSSR count). The summed E-state index contributed by atoms with van der Waals surface area (Å²) in [6.07, 6.45) is 0. The molecule has 0 atom stereocenters. The molecular formula is C21H17F2N3O3S. The standard InChI is InChI=1S/C21H17F2N3O3S/c1-26-21-13(19(25-26)11-4-7-16(28-2)17(8-11)29-3)10-18(30-21)20(27)24-15-6-5-12(22)9-14(15)23/h4-10H,1-3H3,(H,24,27). The molecule has 0 aliphatic rings. The first-order chi connectivity index (χ1) is 14.4. The lowest BCUT2D eigenvalue weighted by molar-refractivity contribution is 0.103. The second-order valence-electron chi connectivity index (χ2n) is 6.45. The van der Waals surface area contributed by atoms with Gasteiger partial charge in [0.1, 0.15) is 22.2 Å². The summed E-state index contributed by atoms with van der Waals surface area (Å²) in [6, 6.07) is 10.1. The van der Waals surface area contributed by atoms with Gasteiger partial charge >= 0.3 is 0 Å². The molecular weight excluding hydrogens is 412 g/mol. The van der Waals surface area contributed by atoms with Crippen LogP contribution in [-0.2, 0) is 7.05 Å². The van der Waals surface area contributed by atoms with Crippen LogP contribution in [0.4, 0.5) is 14.5 Å². The fraction of sp³-hybridized carbons (Fsp3) is 0.143. The fourth-order valence-electron chi connectivity index (χ4n) is 3.12. The molecule has 0 aliphatic heterocycles. The second kappa shape index (κ2) is 7.75. The number of carbonyl (C=O) groups excluding carboxylic acids is 1. The van der Waals surface area contributed by atoms with Crippen LogP contribution in [-0.4, -0.2) is 29.9 Å². The fourth-order valence-corrected chi connectivity index (χ4v) is 4.09. The Kier molecular flexibility index (Phi) is 5.13. The van der Waals surface area contributed by atoms with Gasteiger partial charge in [0.2, 0.25) is 0 Å². The molecule has 0 aliphatic carbocycles. The highest BCUT2D eigenvalue weighted by Gasteiger charge is 2.20. The highest BCUT2D eigenvalue weighted by atomic mass is 32.1. The van der Waals surface area contributed by atoms with Crippen molar-refractivity contribution in [3.05, 3.63) is 59.0 Å². The molecule has 2 aromatic heterocycles. The van der Waals surface area contributed by atoms with E-state index < -0.39 is 17.5 Å². The van der Waals surface area contributed by atoms with Crippen molar-refractivity contribution in [2.24, 2.45) is 7.05 Å². The van der Waals surface area contributed by atoms with Crippen molar-refractivity contribution < 1.29 is 23.0 Å². The van der Waals surface area contributed by atoms with E-state index in [9.17, 15) is 13.6 Å². The zero-order chi connectivity index (χ0) is 21.4. The highest BCUT2D eigenvalue weighted by molar-refractivity contribution is 7.20. The Balaban J connectivity index is 1.71. The zero-order valence-electron chi connectivity index (χ0n) is 16.3. The second-order valence-corrected chi connectivity index (χ2v) is 7.48. The van der Waals surface area contributed by atoms with E-state index >= 15 is 0 Å². The molecule has 0 unspecified atom stereocenters. The molecule has 0 bridgehead atoms. The van der Waals surface area contributed by atoms with E-state index in [0.29, 0.717) is 22.1 Å². The Labute approximate surface area is 174 Å². The number of aryl methyl sites for hydroxylation is 1. The molecule has 9 heteroatoms. The number of nitrogens with one attached hydrogen (secondary N) is 1. The van der Waals surface area contributed by atoms with E-state index in [4.69, 9.17) is 9.47 Å². The monoisotopic (exact) mass is 429 g/mol. The summed E-state index contributed by atoms with van der Waals surface area (Å²) in [5, 5.41) is 7.81. The van der Waals surface area contributed by atoms with Crippen molar-refractivity contribution in [3.8, 4) is 22.8 Å². The highest BCUT2D eigenvalue weighted by Crippen LogP contribution is 2.37. The molecule has 6 nitrogen and oxygen atoms in total. The van der Waals surface area contributed by atoms with E-state index in [1.165, 1.54) is 17.4 Å². The van der Waals surface area contributed by atoms with Crippen LogP contribution in [0, 0.1) is 11.6 Å². The number of methoxy groups -OCH3 is 2. The van der Waals surface area contributed by atoms with Crippen molar-refractivity contribution in [2.45, 2.75) is 0 Å². The molecule has 0 saturated carbocycles. The Hall–Kier alpha value is -3.46. The maximum absolute atomic E-state index is 13.9. The minimum atomic E-state index is -0.836. The molecule has 2 heterocycles. The van der Waals surface area contributed by atoms with E-state index in [1.807, 2.05) is 12.1 Å². The number of hydrogen-bond acceptors (Lipinski definition) is 5. The van der Waals surface area contributed by atoms with Gasteiger partial charge in [-0.2, -0.15) is 5.10 Å². The number of rotatable bonds is 5. The molecule has 154 valence electrons. The van der Waals surface area contributed by atoms with Crippen molar-refractivity contribution >= 4 is 33.1 Å². The van der Waals surface area contributed by atoms with Crippen LogP contribution in [0.3, 0.4) is 0 Å². The Bertz CT molecular complexity index is 1270. The molecule has 30 heavy (non-hydrogen) atoms. The molecule has 4 aromatic rings. The van der Waals surface area contributed by atoms with Gasteiger partial charge in [-0.05, 0) is 36.4 Å². The number of benzene rings is 2. The number of fused-ring (bicyclic) bond motifs is 1. The summed E-state index contributed by atoms with van der Waals surface area (Å²) in [5.41, 5.74) is 1.39. The van der Waals surface area contributed by atoms with Crippen molar-refractivity contribution in [1.82, 2.24) is 9.78 Å². The van der Waals surface area contributed by atoms with Gasteiger partial charge in [0.05, 0.1) is 24.8 Å². The molecule has 0 radical (unpaired) electrons. The maximum atomic E-state index is 13.9. The van der Waals surface area contributed by atoms with Crippen molar-refractivity contribution in [1.29, 1.82) is 0 Å². The third-order valence-corrected chi connectivity index (χ3v) is 5.77. The van der Waals surface area contributed by atoms with Gasteiger partial charge in [-0.15, -0.1) is 11.3 Å². The van der Waals surface area contributed by atoms with Crippen LogP contribution < -0.4 is 14.8 Å². The molecule has 1 amide bonds. The van der Waals surface area contributed by atoms with E-state index in [0.717, 1.165) is 27.9 Å². The van der Waals surface area contributed by atoms with Crippen LogP contribution in [0.2, 0.25) is 0 Å². The maximum Gasteiger partial charge on any atom is 0.265 e. The molecule has 0 spiro atoms. The molecule has 1 N–H and O–H groups in total. The van der Waals surface area contributed by atoms with Gasteiger partial charge in [0, 0.05) is 24.1 Å². The third-order valence-electron chi connectivity index (χ3n) is 4.57. The summed E-state index contributed by atoms with van der Waals surface area (Å²) in [7, 11) is 4.89. The number of carbonyl (C=O) groups is 1. The average molecular weight is 429 g/mol. The van der Waals surface area contributed by atoms with Crippen LogP contribution in [0.5, 0.6) is 11.5 Å². The van der Waals surface area contributed by atoms with Crippen LogP contribution >= 0.6 is 11.3 Å². The lowest BCUT2D eigenvalue weighted by Crippen LogP contribution is -2.11. The lowest BCUT2D eigenvalue weighted by atomic mass is 10.1. The summed E-state index contributed by atoms with van der Waals surface area (Å²) in [5.74, 6) is -0.871. The molecule has 2 aromatic carbocycles. The number of halogens is 2. The quantitative estimate of drug-likeness (QED) is 0.493. The van der Waals surface area contributed by atoms with Gasteiger partial charge in [-0.1, -0.05) is 0 Å². The number of ether oxygens (including phenoxy) is 2. The topological polar surface area (TPSA) is 65.4 Å². The summed E-state index contributed by atoms with van der Waals surface area (Å²) in [6.45, 7) is 0. The minimum absolute atomic E-state index is 0.0860. The van der Waals surface area contributed by atoms with E-state index in [1.54, 1.807) is 38.1 Å². The lowest BCUT2D eigenvalue weighted by Gasteiger charge is -2.08. The summed E-state index contributed by atoms with van der Waals surface area (Å²) >= 11 is 1.23. The largest absolute Gasteiger partial charge is 0.493 e. The van der Waals surface area contributed by atoms with E-state index in [2.05, 4.69) is 10.4 Å². The van der Waals surface area contributed by atoms with Crippen LogP contribution in [0.1, 0.15) is 9.67 Å². The first kappa shape index (κ1) is 19.8. The zero-order valence-corrected chi connectivity index (χ0v) is 17.1. The smallest absolute Gasteiger partial charge is 0.265 e. The van der Waals surface area contributed by atoms with Crippen LogP contribution in [0.25, 0.3) is 21.5 Å². The first-order valence-corrected chi connectivity index (χ1v) is 9.68. The van der Waals surface area contributed by atoms with Gasteiger partial charge in [0.15, 0.2) is 11.5 Å².